The predicted octanol–water partition coefficient (Wildman–Crippen LogP) is 5.34. The van der Waals surface area contributed by atoms with Gasteiger partial charge in [0, 0.05) is 36.1 Å². The highest BCUT2D eigenvalue weighted by atomic mass is 35.5. The molecule has 6 heteroatoms. The normalized spacial score (nSPS) is 17.6. The van der Waals surface area contributed by atoms with Crippen LogP contribution in [0.1, 0.15) is 22.7 Å². The van der Waals surface area contributed by atoms with Crippen molar-refractivity contribution in [3.63, 3.8) is 0 Å². The molecule has 0 spiro atoms. The number of aliphatic hydroxyl groups excluding tert-OH is 1. The Morgan fingerprint density at radius 2 is 1.66 bits per heavy atom. The number of aryl methyl sites for hydroxylation is 1. The monoisotopic (exact) mass is 446 g/mol. The van der Waals surface area contributed by atoms with Crippen LogP contribution >= 0.6 is 11.6 Å². The third-order valence-corrected chi connectivity index (χ3v) is 5.88. The molecule has 32 heavy (non-hydrogen) atoms. The number of aliphatic hydroxyl groups is 1. The molecule has 0 radical (unpaired) electrons. The van der Waals surface area contributed by atoms with Crippen LogP contribution in [0.2, 0.25) is 5.02 Å². The first-order valence-corrected chi connectivity index (χ1v) is 10.6. The zero-order valence-electron chi connectivity index (χ0n) is 18.0. The van der Waals surface area contributed by atoms with Gasteiger partial charge in [-0.2, -0.15) is 0 Å². The van der Waals surface area contributed by atoms with Crippen LogP contribution in [0, 0.1) is 6.92 Å². The van der Waals surface area contributed by atoms with Gasteiger partial charge in [0.25, 0.3) is 11.7 Å². The minimum atomic E-state index is -0.772. The van der Waals surface area contributed by atoms with E-state index in [4.69, 9.17) is 11.6 Å². The molecule has 0 saturated carbocycles. The summed E-state index contributed by atoms with van der Waals surface area (Å²) in [5, 5.41) is 11.6. The summed E-state index contributed by atoms with van der Waals surface area (Å²) < 4.78 is 0. The predicted molar refractivity (Wildman–Crippen MR) is 128 cm³/mol. The summed E-state index contributed by atoms with van der Waals surface area (Å²) in [6, 6.07) is 20.8. The highest BCUT2D eigenvalue weighted by Gasteiger charge is 2.47. The van der Waals surface area contributed by atoms with E-state index in [1.54, 1.807) is 30.3 Å². The summed E-state index contributed by atoms with van der Waals surface area (Å²) in [5.41, 5.74) is 3.61. The van der Waals surface area contributed by atoms with E-state index in [1.165, 1.54) is 4.90 Å². The first-order chi connectivity index (χ1) is 15.3. The fraction of sp³-hybridized carbons (Fsp3) is 0.154. The molecule has 1 amide bonds. The lowest BCUT2D eigenvalue weighted by atomic mass is 9.94. The molecule has 0 aromatic heterocycles. The largest absolute Gasteiger partial charge is 0.507 e. The Morgan fingerprint density at radius 1 is 0.969 bits per heavy atom. The van der Waals surface area contributed by atoms with Crippen LogP contribution in [0.3, 0.4) is 0 Å². The van der Waals surface area contributed by atoms with Crippen LogP contribution in [0.25, 0.3) is 5.76 Å². The molecule has 5 nitrogen and oxygen atoms in total. The Bertz CT molecular complexity index is 1230. The second-order valence-corrected chi connectivity index (χ2v) is 8.39. The van der Waals surface area contributed by atoms with Gasteiger partial charge in [0.2, 0.25) is 0 Å². The maximum atomic E-state index is 13.2. The molecule has 1 heterocycles. The van der Waals surface area contributed by atoms with E-state index in [9.17, 15) is 14.7 Å². The summed E-state index contributed by atoms with van der Waals surface area (Å²) in [6.45, 7) is 1.89. The van der Waals surface area contributed by atoms with Gasteiger partial charge in [0.1, 0.15) is 5.76 Å². The van der Waals surface area contributed by atoms with Crippen LogP contribution in [0.5, 0.6) is 0 Å². The molecule has 1 aliphatic rings. The maximum absolute atomic E-state index is 13.2. The number of nitrogens with zero attached hydrogens (tertiary/aromatic N) is 2. The minimum Gasteiger partial charge on any atom is -0.507 e. The third kappa shape index (κ3) is 3.76. The zero-order chi connectivity index (χ0) is 23.0. The summed E-state index contributed by atoms with van der Waals surface area (Å²) in [4.78, 5) is 29.9. The third-order valence-electron chi connectivity index (χ3n) is 5.64. The summed E-state index contributed by atoms with van der Waals surface area (Å²) in [5.74, 6) is -1.65. The summed E-state index contributed by atoms with van der Waals surface area (Å²) >= 11 is 6.11. The number of ketones is 1. The van der Waals surface area contributed by atoms with E-state index in [0.717, 1.165) is 16.8 Å². The number of halogens is 1. The summed E-state index contributed by atoms with van der Waals surface area (Å²) in [7, 11) is 3.88. The van der Waals surface area contributed by atoms with Crippen LogP contribution in [-0.4, -0.2) is 30.9 Å². The van der Waals surface area contributed by atoms with Crippen molar-refractivity contribution in [2.45, 2.75) is 13.0 Å². The quantitative estimate of drug-likeness (QED) is 0.334. The van der Waals surface area contributed by atoms with Gasteiger partial charge in [-0.15, -0.1) is 0 Å². The molecule has 1 saturated heterocycles. The van der Waals surface area contributed by atoms with E-state index in [2.05, 4.69) is 0 Å². The zero-order valence-corrected chi connectivity index (χ0v) is 18.8. The van der Waals surface area contributed by atoms with Gasteiger partial charge < -0.3 is 10.0 Å². The van der Waals surface area contributed by atoms with Crippen molar-refractivity contribution in [2.24, 2.45) is 0 Å². The first kappa shape index (κ1) is 21.7. The maximum Gasteiger partial charge on any atom is 0.300 e. The van der Waals surface area contributed by atoms with E-state index in [-0.39, 0.29) is 11.3 Å². The standard InChI is InChI=1S/C26H23ClN2O3/c1-16-7-4-5-10-21(16)29-23(17-11-13-20(14-12-17)28(2)3)22(25(31)26(29)32)24(30)18-8-6-9-19(27)15-18/h4-15,23,30H,1-3H3/b24-22-. The molecule has 1 N–H and O–H groups in total. The highest BCUT2D eigenvalue weighted by molar-refractivity contribution is 6.51. The van der Waals surface area contributed by atoms with Gasteiger partial charge in [-0.3, -0.25) is 14.5 Å². The molecule has 1 unspecified atom stereocenters. The van der Waals surface area contributed by atoms with Crippen molar-refractivity contribution in [1.29, 1.82) is 0 Å². The fourth-order valence-corrected chi connectivity index (χ4v) is 4.17. The van der Waals surface area contributed by atoms with Gasteiger partial charge in [-0.1, -0.05) is 54.1 Å². The molecular weight excluding hydrogens is 424 g/mol. The average Bonchev–Trinajstić information content (AvgIpc) is 3.04. The minimum absolute atomic E-state index is 0.0399. The summed E-state index contributed by atoms with van der Waals surface area (Å²) in [6.07, 6.45) is 0. The van der Waals surface area contributed by atoms with E-state index in [0.29, 0.717) is 16.3 Å². The van der Waals surface area contributed by atoms with Gasteiger partial charge in [0.15, 0.2) is 0 Å². The smallest absolute Gasteiger partial charge is 0.300 e. The van der Waals surface area contributed by atoms with Gasteiger partial charge in [-0.25, -0.2) is 0 Å². The lowest BCUT2D eigenvalue weighted by molar-refractivity contribution is -0.132. The molecule has 4 rings (SSSR count). The molecule has 1 atom stereocenters. The number of hydrogen-bond donors (Lipinski definition) is 1. The number of carbonyl (C=O) groups excluding carboxylic acids is 2. The van der Waals surface area contributed by atoms with Crippen LogP contribution < -0.4 is 9.80 Å². The topological polar surface area (TPSA) is 60.9 Å². The van der Waals surface area contributed by atoms with Crippen molar-refractivity contribution < 1.29 is 14.7 Å². The number of rotatable bonds is 4. The van der Waals surface area contributed by atoms with Crippen LogP contribution in [-0.2, 0) is 9.59 Å². The van der Waals surface area contributed by atoms with Crippen LogP contribution in [0.15, 0.2) is 78.4 Å². The molecule has 0 bridgehead atoms. The van der Waals surface area contributed by atoms with Gasteiger partial charge >= 0.3 is 0 Å². The Kier molecular flexibility index (Phi) is 5.76. The lowest BCUT2D eigenvalue weighted by Crippen LogP contribution is -2.30. The number of amides is 1. The second-order valence-electron chi connectivity index (χ2n) is 7.95. The molecule has 3 aromatic rings. The molecule has 1 aliphatic heterocycles. The van der Waals surface area contributed by atoms with Crippen molar-refractivity contribution >= 4 is 40.4 Å². The molecule has 0 aliphatic carbocycles. The lowest BCUT2D eigenvalue weighted by Gasteiger charge is -2.27. The average molecular weight is 447 g/mol. The van der Waals surface area contributed by atoms with Crippen LogP contribution in [0.4, 0.5) is 11.4 Å². The van der Waals surface area contributed by atoms with Gasteiger partial charge in [0.05, 0.1) is 11.6 Å². The number of anilines is 2. The number of benzene rings is 3. The number of Topliss-reactive ketones (excluding diaryl/α,β-unsaturated/α-hetero) is 1. The Morgan fingerprint density at radius 3 is 2.28 bits per heavy atom. The molecule has 162 valence electrons. The van der Waals surface area contributed by atoms with Gasteiger partial charge in [-0.05, 0) is 48.4 Å². The molecule has 3 aromatic carbocycles. The second kappa shape index (κ2) is 8.52. The van der Waals surface area contributed by atoms with E-state index in [1.807, 2.05) is 68.4 Å². The van der Waals surface area contributed by atoms with Crippen molar-refractivity contribution in [2.75, 3.05) is 23.9 Å². The van der Waals surface area contributed by atoms with E-state index < -0.39 is 17.7 Å². The number of hydrogen-bond acceptors (Lipinski definition) is 4. The van der Waals surface area contributed by atoms with Crippen molar-refractivity contribution in [3.8, 4) is 0 Å². The number of carbonyl (C=O) groups is 2. The highest BCUT2D eigenvalue weighted by Crippen LogP contribution is 2.43. The Hall–Kier alpha value is -3.57. The van der Waals surface area contributed by atoms with Crippen molar-refractivity contribution in [3.05, 3.63) is 100 Å². The fourth-order valence-electron chi connectivity index (χ4n) is 3.98. The molecular formula is C26H23ClN2O3. The number of para-hydroxylation sites is 1. The SMILES string of the molecule is Cc1ccccc1N1C(=O)C(=O)/C(=C(\O)c2cccc(Cl)c2)C1c1ccc(N(C)C)cc1. The Balaban J connectivity index is 1.95. The van der Waals surface area contributed by atoms with Crippen molar-refractivity contribution in [1.82, 2.24) is 0 Å². The molecule has 1 fully saturated rings. The van der Waals surface area contributed by atoms with E-state index >= 15 is 0 Å². The first-order valence-electron chi connectivity index (χ1n) is 10.2. The Labute approximate surface area is 192 Å².